The SMILES string of the molecule is CCOC(=O)CCc1ccc(CCN2CCN(Cc3ccccc3)CC2)cc1.Cl.Cl. The summed E-state index contributed by atoms with van der Waals surface area (Å²) in [6, 6.07) is 19.4. The minimum absolute atomic E-state index is 0. The van der Waals surface area contributed by atoms with Gasteiger partial charge >= 0.3 is 5.97 Å². The van der Waals surface area contributed by atoms with Gasteiger partial charge in [0.25, 0.3) is 0 Å². The highest BCUT2D eigenvalue weighted by Gasteiger charge is 2.16. The minimum Gasteiger partial charge on any atom is -0.466 e. The standard InChI is InChI=1S/C24H32N2O2.2ClH/c1-2-28-24(27)13-12-21-8-10-22(11-9-21)14-15-25-16-18-26(19-17-25)20-23-6-4-3-5-7-23;;/h3-11H,2,12-20H2,1H3;2*1H. The average Bonchev–Trinajstić information content (AvgIpc) is 2.73. The van der Waals surface area contributed by atoms with Crippen LogP contribution in [-0.4, -0.2) is 55.1 Å². The number of piperazine rings is 1. The van der Waals surface area contributed by atoms with E-state index in [1.54, 1.807) is 0 Å². The van der Waals surface area contributed by atoms with Crippen molar-refractivity contribution in [1.29, 1.82) is 0 Å². The number of aryl methyl sites for hydroxylation is 1. The molecule has 166 valence electrons. The lowest BCUT2D eigenvalue weighted by atomic mass is 10.1. The molecule has 30 heavy (non-hydrogen) atoms. The number of benzene rings is 2. The minimum atomic E-state index is -0.113. The molecule has 0 bridgehead atoms. The predicted octanol–water partition coefficient (Wildman–Crippen LogP) is 4.39. The normalized spacial score (nSPS) is 14.4. The summed E-state index contributed by atoms with van der Waals surface area (Å²) in [6.07, 6.45) is 2.29. The Balaban J connectivity index is 0.00000225. The number of rotatable bonds is 9. The van der Waals surface area contributed by atoms with Gasteiger partial charge in [0.15, 0.2) is 0 Å². The number of esters is 1. The summed E-state index contributed by atoms with van der Waals surface area (Å²) in [4.78, 5) is 16.6. The molecule has 0 amide bonds. The van der Waals surface area contributed by atoms with E-state index in [9.17, 15) is 4.79 Å². The molecule has 0 radical (unpaired) electrons. The van der Waals surface area contributed by atoms with Gasteiger partial charge in [-0.1, -0.05) is 54.6 Å². The van der Waals surface area contributed by atoms with Gasteiger partial charge in [0, 0.05) is 45.7 Å². The average molecular weight is 453 g/mol. The number of halogens is 2. The third kappa shape index (κ3) is 9.05. The van der Waals surface area contributed by atoms with Crippen LogP contribution in [0.4, 0.5) is 0 Å². The lowest BCUT2D eigenvalue weighted by Crippen LogP contribution is -2.46. The zero-order chi connectivity index (χ0) is 19.6. The summed E-state index contributed by atoms with van der Waals surface area (Å²) >= 11 is 0. The highest BCUT2D eigenvalue weighted by molar-refractivity contribution is 5.85. The van der Waals surface area contributed by atoms with E-state index < -0.39 is 0 Å². The van der Waals surface area contributed by atoms with Gasteiger partial charge in [-0.3, -0.25) is 9.69 Å². The molecule has 0 N–H and O–H groups in total. The fraction of sp³-hybridized carbons (Fsp3) is 0.458. The van der Waals surface area contributed by atoms with Crippen LogP contribution in [0.2, 0.25) is 0 Å². The van der Waals surface area contributed by atoms with E-state index >= 15 is 0 Å². The molecule has 1 fully saturated rings. The van der Waals surface area contributed by atoms with Crippen LogP contribution in [0.1, 0.15) is 30.0 Å². The van der Waals surface area contributed by atoms with Crippen molar-refractivity contribution in [2.75, 3.05) is 39.3 Å². The van der Waals surface area contributed by atoms with Gasteiger partial charge in [0.1, 0.15) is 0 Å². The first kappa shape index (κ1) is 26.4. The molecular formula is C24H34Cl2N2O2. The number of carbonyl (C=O) groups excluding carboxylic acids is 1. The quantitative estimate of drug-likeness (QED) is 0.528. The Bertz CT molecular complexity index is 718. The largest absolute Gasteiger partial charge is 0.466 e. The molecule has 0 aliphatic carbocycles. The smallest absolute Gasteiger partial charge is 0.306 e. The molecular weight excluding hydrogens is 419 g/mol. The van der Waals surface area contributed by atoms with Gasteiger partial charge in [0.2, 0.25) is 0 Å². The van der Waals surface area contributed by atoms with E-state index in [4.69, 9.17) is 4.74 Å². The van der Waals surface area contributed by atoms with Crippen LogP contribution in [0.3, 0.4) is 0 Å². The summed E-state index contributed by atoms with van der Waals surface area (Å²) in [6.45, 7) is 9.04. The van der Waals surface area contributed by atoms with Crippen molar-refractivity contribution in [1.82, 2.24) is 9.80 Å². The number of hydrogen-bond acceptors (Lipinski definition) is 4. The fourth-order valence-corrected chi connectivity index (χ4v) is 3.65. The second-order valence-electron chi connectivity index (χ2n) is 7.47. The number of carbonyl (C=O) groups is 1. The number of nitrogens with zero attached hydrogens (tertiary/aromatic N) is 2. The molecule has 0 unspecified atom stereocenters. The fourth-order valence-electron chi connectivity index (χ4n) is 3.65. The van der Waals surface area contributed by atoms with Crippen molar-refractivity contribution >= 4 is 30.8 Å². The van der Waals surface area contributed by atoms with E-state index in [1.807, 2.05) is 6.92 Å². The molecule has 1 heterocycles. The van der Waals surface area contributed by atoms with Gasteiger partial charge in [-0.05, 0) is 36.5 Å². The lowest BCUT2D eigenvalue weighted by Gasteiger charge is -2.34. The maximum atomic E-state index is 11.5. The Labute approximate surface area is 193 Å². The predicted molar refractivity (Wildman–Crippen MR) is 128 cm³/mol. The van der Waals surface area contributed by atoms with Crippen molar-refractivity contribution in [3.05, 3.63) is 71.3 Å². The Kier molecular flexibility index (Phi) is 12.7. The van der Waals surface area contributed by atoms with E-state index in [-0.39, 0.29) is 30.8 Å². The zero-order valence-corrected chi connectivity index (χ0v) is 19.4. The van der Waals surface area contributed by atoms with Gasteiger partial charge in [-0.25, -0.2) is 0 Å². The highest BCUT2D eigenvalue weighted by Crippen LogP contribution is 2.11. The molecule has 1 aliphatic heterocycles. The summed E-state index contributed by atoms with van der Waals surface area (Å²) in [5, 5.41) is 0. The van der Waals surface area contributed by atoms with Crippen LogP contribution in [0.5, 0.6) is 0 Å². The van der Waals surface area contributed by atoms with Crippen molar-refractivity contribution in [3.63, 3.8) is 0 Å². The molecule has 1 saturated heterocycles. The zero-order valence-electron chi connectivity index (χ0n) is 17.8. The summed E-state index contributed by atoms with van der Waals surface area (Å²) in [5.74, 6) is -0.113. The van der Waals surface area contributed by atoms with E-state index in [1.165, 1.54) is 16.7 Å². The topological polar surface area (TPSA) is 32.8 Å². The molecule has 4 nitrogen and oxygen atoms in total. The second kappa shape index (κ2) is 14.4. The molecule has 2 aromatic carbocycles. The van der Waals surface area contributed by atoms with Gasteiger partial charge in [-0.2, -0.15) is 0 Å². The molecule has 3 rings (SSSR count). The molecule has 0 saturated carbocycles. The molecule has 2 aromatic rings. The summed E-state index contributed by atoms with van der Waals surface area (Å²) < 4.78 is 4.99. The number of ether oxygens (including phenoxy) is 1. The van der Waals surface area contributed by atoms with Crippen LogP contribution < -0.4 is 0 Å². The van der Waals surface area contributed by atoms with Crippen LogP contribution in [0, 0.1) is 0 Å². The van der Waals surface area contributed by atoms with Crippen LogP contribution in [-0.2, 0) is 28.9 Å². The Morgan fingerprint density at radius 1 is 0.800 bits per heavy atom. The summed E-state index contributed by atoms with van der Waals surface area (Å²) in [5.41, 5.74) is 3.97. The maximum Gasteiger partial charge on any atom is 0.306 e. The van der Waals surface area contributed by atoms with E-state index in [0.717, 1.165) is 52.1 Å². The lowest BCUT2D eigenvalue weighted by molar-refractivity contribution is -0.143. The first-order chi connectivity index (χ1) is 13.7. The third-order valence-electron chi connectivity index (χ3n) is 5.38. The third-order valence-corrected chi connectivity index (χ3v) is 5.38. The van der Waals surface area contributed by atoms with E-state index in [0.29, 0.717) is 13.0 Å². The second-order valence-corrected chi connectivity index (χ2v) is 7.47. The van der Waals surface area contributed by atoms with Crippen LogP contribution in [0.25, 0.3) is 0 Å². The van der Waals surface area contributed by atoms with Crippen molar-refractivity contribution in [2.45, 2.75) is 32.7 Å². The molecule has 1 aliphatic rings. The van der Waals surface area contributed by atoms with Crippen LogP contribution in [0.15, 0.2) is 54.6 Å². The molecule has 6 heteroatoms. The molecule has 0 aromatic heterocycles. The maximum absolute atomic E-state index is 11.5. The first-order valence-corrected chi connectivity index (χ1v) is 10.4. The van der Waals surface area contributed by atoms with Crippen LogP contribution >= 0.6 is 24.8 Å². The Morgan fingerprint density at radius 3 is 1.97 bits per heavy atom. The Morgan fingerprint density at radius 2 is 1.37 bits per heavy atom. The van der Waals surface area contributed by atoms with Gasteiger partial charge in [-0.15, -0.1) is 24.8 Å². The van der Waals surface area contributed by atoms with Crippen molar-refractivity contribution in [2.24, 2.45) is 0 Å². The van der Waals surface area contributed by atoms with E-state index in [2.05, 4.69) is 64.4 Å². The van der Waals surface area contributed by atoms with Crippen molar-refractivity contribution < 1.29 is 9.53 Å². The number of hydrogen-bond donors (Lipinski definition) is 0. The Hall–Kier alpha value is -1.59. The first-order valence-electron chi connectivity index (χ1n) is 10.4. The summed E-state index contributed by atoms with van der Waals surface area (Å²) in [7, 11) is 0. The van der Waals surface area contributed by atoms with Crippen molar-refractivity contribution in [3.8, 4) is 0 Å². The van der Waals surface area contributed by atoms with Gasteiger partial charge < -0.3 is 9.64 Å². The monoisotopic (exact) mass is 452 g/mol. The van der Waals surface area contributed by atoms with Gasteiger partial charge in [0.05, 0.1) is 6.61 Å². The molecule has 0 spiro atoms. The molecule has 0 atom stereocenters. The highest BCUT2D eigenvalue weighted by atomic mass is 35.5.